The van der Waals surface area contributed by atoms with E-state index < -0.39 is 0 Å². The van der Waals surface area contributed by atoms with E-state index in [0.717, 1.165) is 0 Å². The lowest BCUT2D eigenvalue weighted by atomic mass is 9.51. The van der Waals surface area contributed by atoms with Gasteiger partial charge in [-0.25, -0.2) is 0 Å². The highest BCUT2D eigenvalue weighted by Gasteiger charge is 2.68. The van der Waals surface area contributed by atoms with E-state index in [1.165, 1.54) is 75.1 Å². The SMILES string of the molecule is c1cc2c3c(cccc3c1)C13c4cccc5cccc(c45)C21c1cccc2sc4cccc3c4c12. The minimum Gasteiger partial charge on any atom is -0.135 e. The van der Waals surface area contributed by atoms with Crippen molar-refractivity contribution < 1.29 is 0 Å². The fourth-order valence-electron chi connectivity index (χ4n) is 8.51. The largest absolute Gasteiger partial charge is 0.135 e. The van der Waals surface area contributed by atoms with E-state index in [-0.39, 0.29) is 10.8 Å². The maximum Gasteiger partial charge on any atom is 0.0648 e. The predicted molar refractivity (Wildman–Crippen MR) is 147 cm³/mol. The van der Waals surface area contributed by atoms with Crippen LogP contribution in [0, 0.1) is 0 Å². The molecule has 1 aromatic heterocycles. The van der Waals surface area contributed by atoms with Crippen LogP contribution in [-0.4, -0.2) is 0 Å². The fraction of sp³-hybridized carbons (Fsp3) is 0.0588. The second kappa shape index (κ2) is 5.32. The van der Waals surface area contributed by atoms with Crippen LogP contribution in [0.25, 0.3) is 41.7 Å². The Labute approximate surface area is 206 Å². The molecule has 10 rings (SSSR count). The fourth-order valence-corrected chi connectivity index (χ4v) is 9.66. The standard InChI is InChI=1S/C34H18S/c1-7-19-8-2-12-22-29(19)21(11-1)33-23-13-3-9-20-10-4-14-24(30(20)23)34(22,33)26-16-6-18-28-32(26)31-25(33)15-5-17-27(31)35-28/h1-18H. The van der Waals surface area contributed by atoms with Gasteiger partial charge in [0.2, 0.25) is 0 Å². The molecule has 35 heavy (non-hydrogen) atoms. The topological polar surface area (TPSA) is 0 Å². The monoisotopic (exact) mass is 458 g/mol. The summed E-state index contributed by atoms with van der Waals surface area (Å²) in [6.45, 7) is 0. The highest BCUT2D eigenvalue weighted by molar-refractivity contribution is 7.25. The van der Waals surface area contributed by atoms with Crippen LogP contribution >= 0.6 is 11.3 Å². The van der Waals surface area contributed by atoms with Crippen LogP contribution in [0.5, 0.6) is 0 Å². The average Bonchev–Trinajstić information content (AvgIpc) is 3.51. The molecule has 0 aliphatic heterocycles. The Bertz CT molecular complexity index is 1890. The molecule has 0 saturated carbocycles. The van der Waals surface area contributed by atoms with Gasteiger partial charge in [0.05, 0.1) is 10.8 Å². The maximum atomic E-state index is 2.44. The lowest BCUT2D eigenvalue weighted by Crippen LogP contribution is -2.47. The van der Waals surface area contributed by atoms with Crippen LogP contribution < -0.4 is 0 Å². The normalized spacial score (nSPS) is 22.5. The summed E-state index contributed by atoms with van der Waals surface area (Å²) in [6.07, 6.45) is 0. The average molecular weight is 459 g/mol. The van der Waals surface area contributed by atoms with Crippen LogP contribution in [0.2, 0.25) is 0 Å². The van der Waals surface area contributed by atoms with Gasteiger partial charge in [-0.15, -0.1) is 11.3 Å². The van der Waals surface area contributed by atoms with Gasteiger partial charge in [-0.3, -0.25) is 0 Å². The second-order valence-corrected chi connectivity index (χ2v) is 11.5. The second-order valence-electron chi connectivity index (χ2n) is 10.4. The van der Waals surface area contributed by atoms with Crippen molar-refractivity contribution in [2.45, 2.75) is 10.8 Å². The molecule has 0 unspecified atom stereocenters. The molecule has 0 saturated heterocycles. The molecular formula is C34H18S. The van der Waals surface area contributed by atoms with Crippen LogP contribution in [0.3, 0.4) is 0 Å². The van der Waals surface area contributed by atoms with Gasteiger partial charge in [-0.2, -0.15) is 0 Å². The summed E-state index contributed by atoms with van der Waals surface area (Å²) in [4.78, 5) is 0. The van der Waals surface area contributed by atoms with E-state index in [2.05, 4.69) is 109 Å². The number of rotatable bonds is 0. The molecule has 0 amide bonds. The minimum atomic E-state index is -0.277. The van der Waals surface area contributed by atoms with E-state index in [9.17, 15) is 0 Å². The summed E-state index contributed by atoms with van der Waals surface area (Å²) < 4.78 is 2.80. The van der Waals surface area contributed by atoms with E-state index in [1.807, 2.05) is 11.3 Å². The molecule has 160 valence electrons. The van der Waals surface area contributed by atoms with Crippen molar-refractivity contribution in [3.05, 3.63) is 143 Å². The third-order valence-electron chi connectivity index (χ3n) is 9.32. The number of hydrogen-bond donors (Lipinski definition) is 0. The Morgan fingerprint density at radius 1 is 0.343 bits per heavy atom. The maximum absolute atomic E-state index is 2.44. The van der Waals surface area contributed by atoms with Gasteiger partial charge < -0.3 is 0 Å². The van der Waals surface area contributed by atoms with Crippen molar-refractivity contribution in [2.75, 3.05) is 0 Å². The number of thiophene rings is 1. The van der Waals surface area contributed by atoms with Crippen molar-refractivity contribution in [3.63, 3.8) is 0 Å². The van der Waals surface area contributed by atoms with Crippen LogP contribution in [0.15, 0.2) is 109 Å². The Morgan fingerprint density at radius 2 is 0.657 bits per heavy atom. The Kier molecular flexibility index (Phi) is 2.66. The Hall–Kier alpha value is -3.94. The third-order valence-corrected chi connectivity index (χ3v) is 10.4. The van der Waals surface area contributed by atoms with Crippen molar-refractivity contribution >= 4 is 53.1 Å². The molecule has 1 heteroatoms. The molecule has 3 aliphatic rings. The summed E-state index contributed by atoms with van der Waals surface area (Å²) in [6, 6.07) is 42.1. The molecule has 0 bridgehead atoms. The van der Waals surface area contributed by atoms with Crippen molar-refractivity contribution in [2.24, 2.45) is 0 Å². The molecule has 1 heterocycles. The molecule has 7 aromatic rings. The Balaban J connectivity index is 1.64. The summed E-state index contributed by atoms with van der Waals surface area (Å²) >= 11 is 1.95. The van der Waals surface area contributed by atoms with Gasteiger partial charge in [-0.05, 0) is 67.1 Å². The van der Waals surface area contributed by atoms with Gasteiger partial charge in [0.25, 0.3) is 0 Å². The molecular weight excluding hydrogens is 440 g/mol. The predicted octanol–water partition coefficient (Wildman–Crippen LogP) is 8.67. The lowest BCUT2D eigenvalue weighted by molar-refractivity contribution is 0.469. The third kappa shape index (κ3) is 1.51. The zero-order valence-electron chi connectivity index (χ0n) is 18.8. The zero-order chi connectivity index (χ0) is 22.5. The molecule has 0 fully saturated rings. The first-order chi connectivity index (χ1) is 17.4. The molecule has 6 aromatic carbocycles. The van der Waals surface area contributed by atoms with Crippen LogP contribution in [0.4, 0.5) is 0 Å². The summed E-state index contributed by atoms with van der Waals surface area (Å²) in [5, 5.41) is 8.53. The molecule has 3 aliphatic carbocycles. The summed E-state index contributed by atoms with van der Waals surface area (Å²) in [5.41, 5.74) is 8.28. The highest BCUT2D eigenvalue weighted by Crippen LogP contribution is 2.74. The van der Waals surface area contributed by atoms with Gasteiger partial charge in [0.15, 0.2) is 0 Å². The molecule has 0 spiro atoms. The van der Waals surface area contributed by atoms with E-state index >= 15 is 0 Å². The van der Waals surface area contributed by atoms with E-state index in [0.29, 0.717) is 0 Å². The van der Waals surface area contributed by atoms with Crippen molar-refractivity contribution in [1.29, 1.82) is 0 Å². The van der Waals surface area contributed by atoms with Crippen molar-refractivity contribution in [3.8, 4) is 0 Å². The highest BCUT2D eigenvalue weighted by atomic mass is 32.1. The molecule has 0 radical (unpaired) electrons. The smallest absolute Gasteiger partial charge is 0.0648 e. The molecule has 0 N–H and O–H groups in total. The first-order valence-corrected chi connectivity index (χ1v) is 13.2. The van der Waals surface area contributed by atoms with E-state index in [4.69, 9.17) is 0 Å². The zero-order valence-corrected chi connectivity index (χ0v) is 19.6. The quantitative estimate of drug-likeness (QED) is 0.213. The van der Waals surface area contributed by atoms with Gasteiger partial charge in [0.1, 0.15) is 0 Å². The minimum absolute atomic E-state index is 0.277. The summed E-state index contributed by atoms with van der Waals surface area (Å²) in [5.74, 6) is 0. The van der Waals surface area contributed by atoms with Crippen LogP contribution in [-0.2, 0) is 10.8 Å². The van der Waals surface area contributed by atoms with Crippen LogP contribution in [0.1, 0.15) is 33.4 Å². The lowest BCUT2D eigenvalue weighted by Gasteiger charge is -2.48. The first-order valence-electron chi connectivity index (χ1n) is 12.4. The van der Waals surface area contributed by atoms with Gasteiger partial charge in [-0.1, -0.05) is 97.1 Å². The van der Waals surface area contributed by atoms with Gasteiger partial charge >= 0.3 is 0 Å². The van der Waals surface area contributed by atoms with E-state index in [1.54, 1.807) is 0 Å². The number of benzene rings is 6. The molecule has 0 atom stereocenters. The first kappa shape index (κ1) is 17.5. The number of hydrogen-bond acceptors (Lipinski definition) is 1. The Morgan fingerprint density at radius 3 is 1.03 bits per heavy atom. The van der Waals surface area contributed by atoms with Crippen molar-refractivity contribution in [1.82, 2.24) is 0 Å². The van der Waals surface area contributed by atoms with Gasteiger partial charge in [0, 0.05) is 20.2 Å². The summed E-state index contributed by atoms with van der Waals surface area (Å²) in [7, 11) is 0. The molecule has 0 nitrogen and oxygen atoms in total.